The van der Waals surface area contributed by atoms with E-state index in [1.165, 1.54) is 0 Å². The Labute approximate surface area is 139 Å². The van der Waals surface area contributed by atoms with E-state index in [-0.39, 0.29) is 11.5 Å². The largest absolute Gasteiger partial charge is 0.339 e. The van der Waals surface area contributed by atoms with E-state index in [1.54, 1.807) is 29.2 Å². The minimum atomic E-state index is -0.819. The maximum atomic E-state index is 13.1. The van der Waals surface area contributed by atoms with E-state index in [0.29, 0.717) is 30.4 Å². The van der Waals surface area contributed by atoms with E-state index in [9.17, 15) is 18.4 Å². The van der Waals surface area contributed by atoms with Crippen molar-refractivity contribution in [3.8, 4) is 0 Å². The van der Waals surface area contributed by atoms with E-state index >= 15 is 0 Å². The van der Waals surface area contributed by atoms with Crippen molar-refractivity contribution in [1.82, 2.24) is 4.90 Å². The molecule has 24 heavy (non-hydrogen) atoms. The molecule has 0 aromatic heterocycles. The number of nitrogens with zero attached hydrogens (tertiary/aromatic N) is 1. The summed E-state index contributed by atoms with van der Waals surface area (Å²) in [7, 11) is 0. The first-order chi connectivity index (χ1) is 11.4. The summed E-state index contributed by atoms with van der Waals surface area (Å²) in [6.07, 6.45) is 0. The molecule has 2 rings (SSSR count). The molecule has 0 atom stereocenters. The topological polar surface area (TPSA) is 49.4 Å². The quantitative estimate of drug-likeness (QED) is 0.907. The zero-order valence-corrected chi connectivity index (χ0v) is 13.5. The minimum absolute atomic E-state index is 0.0925. The third kappa shape index (κ3) is 4.16. The van der Waals surface area contributed by atoms with Crippen LogP contribution in [0.3, 0.4) is 0 Å². The van der Waals surface area contributed by atoms with Gasteiger partial charge in [-0.25, -0.2) is 8.78 Å². The Morgan fingerprint density at radius 3 is 1.96 bits per heavy atom. The molecule has 2 amide bonds. The molecule has 0 bridgehead atoms. The molecule has 0 fully saturated rings. The van der Waals surface area contributed by atoms with Gasteiger partial charge in [0.25, 0.3) is 11.8 Å². The summed E-state index contributed by atoms with van der Waals surface area (Å²) in [5.74, 6) is -2.36. The summed E-state index contributed by atoms with van der Waals surface area (Å²) in [6.45, 7) is 5.01. The van der Waals surface area contributed by atoms with Crippen LogP contribution < -0.4 is 5.32 Å². The van der Waals surface area contributed by atoms with Gasteiger partial charge in [-0.1, -0.05) is 0 Å². The average molecular weight is 332 g/mol. The Kier molecular flexibility index (Phi) is 5.63. The van der Waals surface area contributed by atoms with Crippen molar-refractivity contribution >= 4 is 17.5 Å². The van der Waals surface area contributed by atoms with Crippen LogP contribution in [0.15, 0.2) is 42.5 Å². The molecule has 0 aliphatic rings. The number of hydrogen-bond acceptors (Lipinski definition) is 2. The number of amides is 2. The molecule has 0 unspecified atom stereocenters. The van der Waals surface area contributed by atoms with Gasteiger partial charge in [0.2, 0.25) is 0 Å². The van der Waals surface area contributed by atoms with Gasteiger partial charge < -0.3 is 10.2 Å². The second-order valence-electron chi connectivity index (χ2n) is 5.17. The molecular weight excluding hydrogens is 314 g/mol. The highest BCUT2D eigenvalue weighted by molar-refractivity contribution is 6.04. The molecule has 4 nitrogen and oxygen atoms in total. The summed E-state index contributed by atoms with van der Waals surface area (Å²) in [5.41, 5.74) is 0.824. The monoisotopic (exact) mass is 332 g/mol. The fourth-order valence-electron chi connectivity index (χ4n) is 2.28. The van der Waals surface area contributed by atoms with Gasteiger partial charge in [-0.05, 0) is 50.2 Å². The first-order valence-corrected chi connectivity index (χ1v) is 7.61. The molecular formula is C18H18F2N2O2. The van der Waals surface area contributed by atoms with Gasteiger partial charge in [0.05, 0.1) is 0 Å². The van der Waals surface area contributed by atoms with Crippen LogP contribution >= 0.6 is 0 Å². The van der Waals surface area contributed by atoms with Gasteiger partial charge in [0, 0.05) is 36.0 Å². The van der Waals surface area contributed by atoms with Crippen molar-refractivity contribution in [2.24, 2.45) is 0 Å². The Balaban J connectivity index is 2.11. The highest BCUT2D eigenvalue weighted by Crippen LogP contribution is 2.14. The maximum Gasteiger partial charge on any atom is 0.255 e. The fourth-order valence-corrected chi connectivity index (χ4v) is 2.28. The van der Waals surface area contributed by atoms with Gasteiger partial charge >= 0.3 is 0 Å². The van der Waals surface area contributed by atoms with Gasteiger partial charge in [-0.15, -0.1) is 0 Å². The number of benzene rings is 2. The predicted molar refractivity (Wildman–Crippen MR) is 88.0 cm³/mol. The number of nitrogens with one attached hydrogen (secondary N) is 1. The number of rotatable bonds is 5. The van der Waals surface area contributed by atoms with Crippen LogP contribution in [0.4, 0.5) is 14.5 Å². The van der Waals surface area contributed by atoms with E-state index < -0.39 is 17.5 Å². The molecule has 0 aliphatic heterocycles. The zero-order valence-electron chi connectivity index (χ0n) is 13.5. The lowest BCUT2D eigenvalue weighted by atomic mass is 10.1. The average Bonchev–Trinajstić information content (AvgIpc) is 2.55. The maximum absolute atomic E-state index is 13.1. The molecule has 0 heterocycles. The van der Waals surface area contributed by atoms with Gasteiger partial charge in [0.1, 0.15) is 11.6 Å². The van der Waals surface area contributed by atoms with Crippen LogP contribution in [0.1, 0.15) is 34.6 Å². The van der Waals surface area contributed by atoms with E-state index in [0.717, 1.165) is 12.1 Å². The van der Waals surface area contributed by atoms with Crippen LogP contribution in [-0.2, 0) is 0 Å². The molecule has 6 heteroatoms. The number of anilines is 1. The summed E-state index contributed by atoms with van der Waals surface area (Å²) in [4.78, 5) is 25.9. The highest BCUT2D eigenvalue weighted by atomic mass is 19.1. The number of carbonyl (C=O) groups is 2. The molecule has 0 radical (unpaired) electrons. The SMILES string of the molecule is CCN(CC)C(=O)c1ccc(NC(=O)c2cc(F)cc(F)c2)cc1. The smallest absolute Gasteiger partial charge is 0.255 e. The van der Waals surface area contributed by atoms with Crippen molar-refractivity contribution in [1.29, 1.82) is 0 Å². The van der Waals surface area contributed by atoms with Crippen molar-refractivity contribution in [3.05, 3.63) is 65.2 Å². The Morgan fingerprint density at radius 1 is 0.917 bits per heavy atom. The minimum Gasteiger partial charge on any atom is -0.339 e. The third-order valence-electron chi connectivity index (χ3n) is 3.57. The molecule has 0 saturated carbocycles. The van der Waals surface area contributed by atoms with Crippen molar-refractivity contribution in [2.75, 3.05) is 18.4 Å². The van der Waals surface area contributed by atoms with E-state index in [4.69, 9.17) is 0 Å². The zero-order chi connectivity index (χ0) is 17.7. The summed E-state index contributed by atoms with van der Waals surface area (Å²) in [5, 5.41) is 2.54. The van der Waals surface area contributed by atoms with Gasteiger partial charge in [-0.3, -0.25) is 9.59 Å². The molecule has 2 aromatic carbocycles. The van der Waals surface area contributed by atoms with Crippen LogP contribution in [0.5, 0.6) is 0 Å². The van der Waals surface area contributed by atoms with Crippen molar-refractivity contribution < 1.29 is 18.4 Å². The third-order valence-corrected chi connectivity index (χ3v) is 3.57. The van der Waals surface area contributed by atoms with Crippen molar-refractivity contribution in [2.45, 2.75) is 13.8 Å². The molecule has 0 aliphatic carbocycles. The Morgan fingerprint density at radius 2 is 1.46 bits per heavy atom. The van der Waals surface area contributed by atoms with Crippen LogP contribution in [-0.4, -0.2) is 29.8 Å². The van der Waals surface area contributed by atoms with E-state index in [1.807, 2.05) is 13.8 Å². The second kappa shape index (κ2) is 7.68. The fraction of sp³-hybridized carbons (Fsp3) is 0.222. The summed E-state index contributed by atoms with van der Waals surface area (Å²) in [6, 6.07) is 8.96. The standard InChI is InChI=1S/C18H18F2N2O2/c1-3-22(4-2)18(24)12-5-7-16(8-6-12)21-17(23)13-9-14(19)11-15(20)10-13/h5-11H,3-4H2,1-2H3,(H,21,23). The predicted octanol–water partition coefficient (Wildman–Crippen LogP) is 3.70. The summed E-state index contributed by atoms with van der Waals surface area (Å²) < 4.78 is 26.3. The lowest BCUT2D eigenvalue weighted by Gasteiger charge is -2.18. The number of hydrogen-bond donors (Lipinski definition) is 1. The normalized spacial score (nSPS) is 10.3. The lowest BCUT2D eigenvalue weighted by Crippen LogP contribution is -2.30. The second-order valence-corrected chi connectivity index (χ2v) is 5.17. The Hall–Kier alpha value is -2.76. The van der Waals surface area contributed by atoms with Crippen LogP contribution in [0, 0.1) is 11.6 Å². The molecule has 0 spiro atoms. The summed E-state index contributed by atoms with van der Waals surface area (Å²) >= 11 is 0. The number of carbonyl (C=O) groups excluding carboxylic acids is 2. The van der Waals surface area contributed by atoms with Gasteiger partial charge in [0.15, 0.2) is 0 Å². The first kappa shape index (κ1) is 17.6. The Bertz CT molecular complexity index is 721. The highest BCUT2D eigenvalue weighted by Gasteiger charge is 2.13. The van der Waals surface area contributed by atoms with Crippen LogP contribution in [0.25, 0.3) is 0 Å². The number of halogens is 2. The first-order valence-electron chi connectivity index (χ1n) is 7.61. The molecule has 0 saturated heterocycles. The molecule has 2 aromatic rings. The molecule has 126 valence electrons. The van der Waals surface area contributed by atoms with Gasteiger partial charge in [-0.2, -0.15) is 0 Å². The van der Waals surface area contributed by atoms with Crippen LogP contribution in [0.2, 0.25) is 0 Å². The van der Waals surface area contributed by atoms with E-state index in [2.05, 4.69) is 5.32 Å². The van der Waals surface area contributed by atoms with Crippen molar-refractivity contribution in [3.63, 3.8) is 0 Å². The lowest BCUT2D eigenvalue weighted by molar-refractivity contribution is 0.0773. The molecule has 1 N–H and O–H groups in total.